The molecule has 0 aromatic heterocycles. The van der Waals surface area contributed by atoms with Crippen LogP contribution in [-0.4, -0.2) is 37.3 Å². The molecular formula is C12H15ClN2O4. The highest BCUT2D eigenvalue weighted by Crippen LogP contribution is 2.18. The number of nitrogens with zero attached hydrogens (tertiary/aromatic N) is 1. The van der Waals surface area contributed by atoms with Gasteiger partial charge in [0.05, 0.1) is 7.11 Å². The number of carbonyl (C=O) groups is 2. The highest BCUT2D eigenvalue weighted by Gasteiger charge is 2.26. The lowest BCUT2D eigenvalue weighted by molar-refractivity contribution is -0.177. The summed E-state index contributed by atoms with van der Waals surface area (Å²) in [6.45, 7) is 0. The number of rotatable bonds is 5. The van der Waals surface area contributed by atoms with Gasteiger partial charge in [-0.15, -0.1) is 0 Å². The molecule has 0 aliphatic rings. The van der Waals surface area contributed by atoms with Crippen LogP contribution in [0.15, 0.2) is 24.3 Å². The van der Waals surface area contributed by atoms with E-state index >= 15 is 0 Å². The number of hydrogen-bond donors (Lipinski definition) is 1. The van der Waals surface area contributed by atoms with Crippen molar-refractivity contribution in [2.45, 2.75) is 12.5 Å². The molecule has 19 heavy (non-hydrogen) atoms. The number of halogens is 1. The van der Waals surface area contributed by atoms with Crippen molar-refractivity contribution < 1.29 is 19.2 Å². The molecule has 104 valence electrons. The van der Waals surface area contributed by atoms with Gasteiger partial charge in [0, 0.05) is 18.5 Å². The van der Waals surface area contributed by atoms with Crippen molar-refractivity contribution in [1.82, 2.24) is 5.06 Å². The Kier molecular flexibility index (Phi) is 5.59. The summed E-state index contributed by atoms with van der Waals surface area (Å²) in [6.07, 6.45) is -1.99. The third kappa shape index (κ3) is 4.42. The normalized spacial score (nSPS) is 11.7. The van der Waals surface area contributed by atoms with Crippen molar-refractivity contribution in [2.24, 2.45) is 5.73 Å². The van der Waals surface area contributed by atoms with Crippen LogP contribution in [0.2, 0.25) is 5.02 Å². The SMILES string of the molecule is CON(C)C(=O)[C@H](Cc1ccccc1Cl)OC(N)=O. The fourth-order valence-electron chi connectivity index (χ4n) is 1.48. The fourth-order valence-corrected chi connectivity index (χ4v) is 1.69. The Labute approximate surface area is 116 Å². The van der Waals surface area contributed by atoms with Gasteiger partial charge < -0.3 is 10.5 Å². The number of hydroxylamine groups is 2. The van der Waals surface area contributed by atoms with Crippen LogP contribution in [0.25, 0.3) is 0 Å². The summed E-state index contributed by atoms with van der Waals surface area (Å²) in [5.41, 5.74) is 5.63. The Hall–Kier alpha value is -1.79. The number of hydrogen-bond acceptors (Lipinski definition) is 4. The van der Waals surface area contributed by atoms with Crippen molar-refractivity contribution in [3.05, 3.63) is 34.9 Å². The van der Waals surface area contributed by atoms with Crippen LogP contribution in [0.3, 0.4) is 0 Å². The van der Waals surface area contributed by atoms with Crippen LogP contribution < -0.4 is 5.73 Å². The summed E-state index contributed by atoms with van der Waals surface area (Å²) in [4.78, 5) is 27.6. The molecule has 0 bridgehead atoms. The Balaban J connectivity index is 2.89. The molecule has 0 saturated heterocycles. The van der Waals surface area contributed by atoms with E-state index in [1.807, 2.05) is 0 Å². The number of primary amides is 1. The Morgan fingerprint density at radius 3 is 2.58 bits per heavy atom. The maximum Gasteiger partial charge on any atom is 0.405 e. The van der Waals surface area contributed by atoms with E-state index in [2.05, 4.69) is 0 Å². The van der Waals surface area contributed by atoms with E-state index < -0.39 is 18.1 Å². The summed E-state index contributed by atoms with van der Waals surface area (Å²) >= 11 is 6.00. The third-order valence-electron chi connectivity index (χ3n) is 2.48. The first-order valence-electron chi connectivity index (χ1n) is 5.47. The van der Waals surface area contributed by atoms with E-state index in [1.165, 1.54) is 14.2 Å². The molecule has 1 rings (SSSR count). The highest BCUT2D eigenvalue weighted by atomic mass is 35.5. The molecule has 0 spiro atoms. The first kappa shape index (κ1) is 15.3. The van der Waals surface area contributed by atoms with Crippen molar-refractivity contribution in [1.29, 1.82) is 0 Å². The van der Waals surface area contributed by atoms with E-state index in [-0.39, 0.29) is 6.42 Å². The molecule has 0 saturated carbocycles. The Morgan fingerprint density at radius 1 is 1.42 bits per heavy atom. The van der Waals surface area contributed by atoms with Gasteiger partial charge in [0.25, 0.3) is 5.91 Å². The molecule has 0 radical (unpaired) electrons. The minimum absolute atomic E-state index is 0.120. The van der Waals surface area contributed by atoms with E-state index in [1.54, 1.807) is 24.3 Å². The standard InChI is InChI=1S/C12H15ClN2O4/c1-15(18-2)11(16)10(19-12(14)17)7-8-5-3-4-6-9(8)13/h3-6,10H,7H2,1-2H3,(H2,14,17)/t10-/m0/s1. The van der Waals surface area contributed by atoms with Crippen LogP contribution in [0.4, 0.5) is 4.79 Å². The van der Waals surface area contributed by atoms with Crippen molar-refractivity contribution in [3.8, 4) is 0 Å². The first-order valence-corrected chi connectivity index (χ1v) is 5.84. The van der Waals surface area contributed by atoms with Crippen LogP contribution in [-0.2, 0) is 20.8 Å². The zero-order valence-electron chi connectivity index (χ0n) is 10.6. The topological polar surface area (TPSA) is 81.9 Å². The summed E-state index contributed by atoms with van der Waals surface area (Å²) in [7, 11) is 2.74. The maximum atomic E-state index is 12.0. The second kappa shape index (κ2) is 6.96. The molecule has 7 heteroatoms. The highest BCUT2D eigenvalue weighted by molar-refractivity contribution is 6.31. The zero-order chi connectivity index (χ0) is 14.4. The predicted octanol–water partition coefficient (Wildman–Crippen LogP) is 1.37. The molecule has 6 nitrogen and oxygen atoms in total. The first-order chi connectivity index (χ1) is 8.95. The van der Waals surface area contributed by atoms with Crippen LogP contribution in [0.1, 0.15) is 5.56 Å². The lowest BCUT2D eigenvalue weighted by Gasteiger charge is -2.21. The number of ether oxygens (including phenoxy) is 1. The monoisotopic (exact) mass is 286 g/mol. The van der Waals surface area contributed by atoms with Gasteiger partial charge in [-0.25, -0.2) is 9.86 Å². The third-order valence-corrected chi connectivity index (χ3v) is 2.85. The number of nitrogens with two attached hydrogens (primary N) is 1. The molecule has 0 aliphatic carbocycles. The van der Waals surface area contributed by atoms with E-state index in [0.717, 1.165) is 5.06 Å². The van der Waals surface area contributed by atoms with Gasteiger partial charge in [0.15, 0.2) is 6.10 Å². The van der Waals surface area contributed by atoms with Gasteiger partial charge >= 0.3 is 6.09 Å². The molecule has 0 unspecified atom stereocenters. The molecule has 0 heterocycles. The second-order valence-corrected chi connectivity index (χ2v) is 4.15. The maximum absolute atomic E-state index is 12.0. The molecule has 1 aromatic carbocycles. The van der Waals surface area contributed by atoms with Gasteiger partial charge in [-0.05, 0) is 11.6 Å². The fraction of sp³-hybridized carbons (Fsp3) is 0.333. The predicted molar refractivity (Wildman–Crippen MR) is 69.4 cm³/mol. The lowest BCUT2D eigenvalue weighted by Crippen LogP contribution is -2.41. The summed E-state index contributed by atoms with van der Waals surface area (Å²) in [5.74, 6) is -0.527. The molecular weight excluding hydrogens is 272 g/mol. The number of amides is 2. The summed E-state index contributed by atoms with van der Waals surface area (Å²) in [6, 6.07) is 6.95. The zero-order valence-corrected chi connectivity index (χ0v) is 11.4. The quantitative estimate of drug-likeness (QED) is 0.829. The largest absolute Gasteiger partial charge is 0.436 e. The number of likely N-dealkylation sites (N-methyl/N-ethyl adjacent to an activating group) is 1. The molecule has 0 aliphatic heterocycles. The van der Waals surface area contributed by atoms with E-state index in [0.29, 0.717) is 10.6 Å². The number of carbonyl (C=O) groups excluding carboxylic acids is 2. The minimum Gasteiger partial charge on any atom is -0.436 e. The minimum atomic E-state index is -1.08. The molecule has 2 N–H and O–H groups in total. The van der Waals surface area contributed by atoms with Crippen LogP contribution in [0.5, 0.6) is 0 Å². The average Bonchev–Trinajstić information content (AvgIpc) is 2.38. The molecule has 1 atom stereocenters. The average molecular weight is 287 g/mol. The summed E-state index contributed by atoms with van der Waals surface area (Å²) < 4.78 is 4.80. The van der Waals surface area contributed by atoms with Crippen molar-refractivity contribution >= 4 is 23.6 Å². The Morgan fingerprint density at radius 2 is 2.05 bits per heavy atom. The van der Waals surface area contributed by atoms with Gasteiger partial charge in [-0.2, -0.15) is 0 Å². The molecule has 1 aromatic rings. The number of benzene rings is 1. The summed E-state index contributed by atoms with van der Waals surface area (Å²) in [5, 5.41) is 1.44. The smallest absolute Gasteiger partial charge is 0.405 e. The lowest BCUT2D eigenvalue weighted by atomic mass is 10.1. The molecule has 0 fully saturated rings. The van der Waals surface area contributed by atoms with E-state index in [9.17, 15) is 9.59 Å². The van der Waals surface area contributed by atoms with Gasteiger partial charge in [0.1, 0.15) is 0 Å². The van der Waals surface area contributed by atoms with Crippen LogP contribution >= 0.6 is 11.6 Å². The van der Waals surface area contributed by atoms with Crippen LogP contribution in [0, 0.1) is 0 Å². The van der Waals surface area contributed by atoms with E-state index in [4.69, 9.17) is 26.9 Å². The van der Waals surface area contributed by atoms with Crippen molar-refractivity contribution in [3.63, 3.8) is 0 Å². The van der Waals surface area contributed by atoms with Gasteiger partial charge in [0.2, 0.25) is 0 Å². The van der Waals surface area contributed by atoms with Crippen molar-refractivity contribution in [2.75, 3.05) is 14.2 Å². The van der Waals surface area contributed by atoms with Gasteiger partial charge in [-0.3, -0.25) is 9.63 Å². The Bertz CT molecular complexity index is 467. The molecule has 2 amide bonds. The second-order valence-electron chi connectivity index (χ2n) is 3.74. The van der Waals surface area contributed by atoms with Gasteiger partial charge in [-0.1, -0.05) is 29.8 Å².